The first-order valence-electron chi connectivity index (χ1n) is 10.6. The van der Waals surface area contributed by atoms with Gasteiger partial charge in [-0.1, -0.05) is 69.5 Å². The monoisotopic (exact) mass is 663 g/mol. The van der Waals surface area contributed by atoms with Gasteiger partial charge in [0, 0.05) is 23.9 Å². The topological polar surface area (TPSA) is 116 Å². The Balaban J connectivity index is 1.78. The average molecular weight is 665 g/mol. The van der Waals surface area contributed by atoms with Gasteiger partial charge in [-0.15, -0.1) is 0 Å². The second-order valence-electron chi connectivity index (χ2n) is 8.08. The maximum atomic E-state index is 11.3. The van der Waals surface area contributed by atoms with Crippen LogP contribution in [0.1, 0.15) is 17.8 Å². The van der Waals surface area contributed by atoms with E-state index >= 15 is 0 Å². The van der Waals surface area contributed by atoms with Gasteiger partial charge in [0.15, 0.2) is 6.54 Å². The van der Waals surface area contributed by atoms with Crippen LogP contribution in [0.2, 0.25) is 20.1 Å². The number of thioether (sulfide) groups is 1. The van der Waals surface area contributed by atoms with Crippen molar-refractivity contribution in [1.82, 2.24) is 0 Å². The third-order valence-electron chi connectivity index (χ3n) is 5.36. The molecule has 2 aromatic carbocycles. The third-order valence-corrected chi connectivity index (χ3v) is 10.6. The van der Waals surface area contributed by atoms with E-state index in [0.29, 0.717) is 20.1 Å². The largest absolute Gasteiger partial charge is 0.335 e. The molecule has 0 amide bonds. The van der Waals surface area contributed by atoms with E-state index in [1.807, 2.05) is 15.5 Å². The zero-order chi connectivity index (χ0) is 27.1. The summed E-state index contributed by atoms with van der Waals surface area (Å²) >= 11 is 27.8. The van der Waals surface area contributed by atoms with Gasteiger partial charge < -0.3 is 4.90 Å². The van der Waals surface area contributed by atoms with Crippen LogP contribution >= 0.6 is 69.5 Å². The molecule has 1 aromatic heterocycles. The normalized spacial score (nSPS) is 15.2. The van der Waals surface area contributed by atoms with E-state index in [-0.39, 0.29) is 25.9 Å². The van der Waals surface area contributed by atoms with Gasteiger partial charge in [0.2, 0.25) is 5.52 Å². The number of thiazole rings is 1. The molecule has 1 aliphatic heterocycles. The quantitative estimate of drug-likeness (QED) is 0.203. The molecule has 0 unspecified atom stereocenters. The second-order valence-corrected chi connectivity index (χ2v) is 15.0. The Morgan fingerprint density at radius 1 is 0.865 bits per heavy atom. The van der Waals surface area contributed by atoms with Gasteiger partial charge in [0.1, 0.15) is 4.70 Å². The third kappa shape index (κ3) is 7.24. The first-order chi connectivity index (χ1) is 17.2. The van der Waals surface area contributed by atoms with Crippen LogP contribution in [-0.4, -0.2) is 44.0 Å². The predicted octanol–water partition coefficient (Wildman–Crippen LogP) is 6.27. The van der Waals surface area contributed by atoms with Crippen molar-refractivity contribution in [2.75, 3.05) is 23.0 Å². The zero-order valence-corrected chi connectivity index (χ0v) is 25.0. The molecule has 2 N–H and O–H groups in total. The molecule has 2 heterocycles. The highest BCUT2D eigenvalue weighted by Crippen LogP contribution is 2.49. The first-order valence-corrected chi connectivity index (χ1v) is 17.0. The molecule has 0 aliphatic carbocycles. The fraction of sp³-hybridized carbons (Fsp3) is 0.286. The van der Waals surface area contributed by atoms with E-state index in [4.69, 9.17) is 46.4 Å². The lowest BCUT2D eigenvalue weighted by molar-refractivity contribution is -0.668. The molecule has 8 nitrogen and oxygen atoms in total. The number of hydrogen-bond donors (Lipinski definition) is 2. The van der Waals surface area contributed by atoms with Gasteiger partial charge in [-0.2, -0.15) is 21.4 Å². The lowest BCUT2D eigenvalue weighted by Gasteiger charge is -2.20. The lowest BCUT2D eigenvalue weighted by atomic mass is 10.2. The van der Waals surface area contributed by atoms with Crippen LogP contribution in [0.4, 0.5) is 5.69 Å². The molecule has 0 bridgehead atoms. The lowest BCUT2D eigenvalue weighted by Crippen LogP contribution is -2.36. The summed E-state index contributed by atoms with van der Waals surface area (Å²) in [5.41, 5.74) is 1.48. The summed E-state index contributed by atoms with van der Waals surface area (Å²) in [5, 5.41) is 2.92. The number of halogens is 4. The molecule has 16 heteroatoms. The van der Waals surface area contributed by atoms with Gasteiger partial charge in [-0.3, -0.25) is 9.11 Å². The Morgan fingerprint density at radius 2 is 1.46 bits per heavy atom. The van der Waals surface area contributed by atoms with Crippen molar-refractivity contribution in [3.63, 3.8) is 0 Å². The van der Waals surface area contributed by atoms with E-state index < -0.39 is 31.7 Å². The van der Waals surface area contributed by atoms with Crippen molar-refractivity contribution in [2.24, 2.45) is 0 Å². The minimum absolute atomic E-state index is 0.155. The van der Waals surface area contributed by atoms with Gasteiger partial charge in [-0.25, -0.2) is 0 Å². The molecule has 0 atom stereocenters. The van der Waals surface area contributed by atoms with E-state index in [1.165, 1.54) is 23.1 Å². The molecule has 0 fully saturated rings. The summed E-state index contributed by atoms with van der Waals surface area (Å²) in [4.78, 5) is 2.71. The highest BCUT2D eigenvalue weighted by atomic mass is 35.5. The number of anilines is 1. The molecule has 0 saturated carbocycles. The van der Waals surface area contributed by atoms with Gasteiger partial charge in [0.05, 0.1) is 48.4 Å². The Labute approximate surface area is 242 Å². The maximum absolute atomic E-state index is 11.3. The van der Waals surface area contributed by atoms with Crippen LogP contribution in [0.15, 0.2) is 34.2 Å². The Bertz CT molecular complexity index is 1620. The molecule has 37 heavy (non-hydrogen) atoms. The maximum Gasteiger partial charge on any atom is 0.265 e. The smallest absolute Gasteiger partial charge is 0.265 e. The summed E-state index contributed by atoms with van der Waals surface area (Å²) in [7, 11) is -8.27. The van der Waals surface area contributed by atoms with Crippen LogP contribution < -0.4 is 9.47 Å². The van der Waals surface area contributed by atoms with Crippen LogP contribution in [-0.2, 0) is 26.8 Å². The van der Waals surface area contributed by atoms with E-state index in [9.17, 15) is 25.9 Å². The molecule has 3 aromatic rings. The highest BCUT2D eigenvalue weighted by molar-refractivity contribution is 8.04. The van der Waals surface area contributed by atoms with Crippen molar-refractivity contribution >= 4 is 112 Å². The first kappa shape index (κ1) is 29.2. The van der Waals surface area contributed by atoms with Crippen LogP contribution in [0.3, 0.4) is 0 Å². The van der Waals surface area contributed by atoms with Crippen molar-refractivity contribution in [2.45, 2.75) is 24.3 Å². The van der Waals surface area contributed by atoms with E-state index in [2.05, 4.69) is 0 Å². The fourth-order valence-corrected chi connectivity index (χ4v) is 7.91. The van der Waals surface area contributed by atoms with Crippen molar-refractivity contribution in [3.8, 4) is 0 Å². The van der Waals surface area contributed by atoms with Gasteiger partial charge in [-0.05, 0) is 24.6 Å². The Morgan fingerprint density at radius 3 is 2.14 bits per heavy atom. The number of hydrogen-bond acceptors (Lipinski definition) is 7. The average Bonchev–Trinajstić information content (AvgIpc) is 3.25. The summed E-state index contributed by atoms with van der Waals surface area (Å²) in [6.07, 6.45) is 2.20. The summed E-state index contributed by atoms with van der Waals surface area (Å²) in [5.74, 6) is -0.818. The van der Waals surface area contributed by atoms with Crippen molar-refractivity contribution < 1.29 is 30.5 Å². The van der Waals surface area contributed by atoms with Gasteiger partial charge >= 0.3 is 0 Å². The predicted molar refractivity (Wildman–Crippen MR) is 152 cm³/mol. The number of aryl methyl sites for hydroxylation is 1. The van der Waals surface area contributed by atoms with Crippen molar-refractivity contribution in [1.29, 1.82) is 0 Å². The highest BCUT2D eigenvalue weighted by Gasteiger charge is 2.29. The number of fused-ring (bicyclic) bond motifs is 2. The van der Waals surface area contributed by atoms with Crippen LogP contribution in [0.5, 0.6) is 0 Å². The minimum atomic E-state index is -4.14. The molecule has 0 spiro atoms. The molecule has 0 saturated heterocycles. The molecular weight excluding hydrogens is 646 g/mol. The number of aromatic nitrogens is 1. The molecule has 0 radical (unpaired) electrons. The molecule has 200 valence electrons. The standard InChI is InChI=1S/C21H18Cl4N2O6S4/c22-12-7-16-18(9-14(12)24)34-20(26(16)3-1-5-36(28,29)30)11-21-27(4-2-6-37(31,32)33)17-8-13(23)15(25)10-19(17)35-21/h7-11H,1-6H2,(H-,28,29,30,31,32,33)/p+1. The second kappa shape index (κ2) is 11.4. The fourth-order valence-electron chi connectivity index (χ4n) is 3.79. The summed E-state index contributed by atoms with van der Waals surface area (Å²) in [6.45, 7) is 0.545. The van der Waals surface area contributed by atoms with E-state index in [1.54, 1.807) is 24.3 Å². The number of benzene rings is 2. The van der Waals surface area contributed by atoms with Crippen molar-refractivity contribution in [3.05, 3.63) is 54.4 Å². The van der Waals surface area contributed by atoms with Crippen LogP contribution in [0.25, 0.3) is 16.3 Å². The Hall–Kier alpha value is -0.800. The number of nitrogens with zero attached hydrogens (tertiary/aromatic N) is 2. The molecular formula is C21H19Cl4N2O6S4+. The summed E-state index contributed by atoms with van der Waals surface area (Å²) < 4.78 is 66.2. The molecule has 1 aliphatic rings. The van der Waals surface area contributed by atoms with Crippen LogP contribution in [0, 0.1) is 0 Å². The molecule has 4 rings (SSSR count). The Kier molecular flexibility index (Phi) is 8.96. The summed E-state index contributed by atoms with van der Waals surface area (Å²) in [6, 6.07) is 6.85. The minimum Gasteiger partial charge on any atom is -0.335 e. The number of rotatable bonds is 9. The SMILES string of the molecule is O=S(=O)(O)CCCN1C(=Cc2sc3cc(Cl)c(Cl)cc3[n+]2CCCS(=O)(=O)O)Sc2cc(Cl)c(Cl)cc21. The van der Waals surface area contributed by atoms with E-state index in [0.717, 1.165) is 30.8 Å². The van der Waals surface area contributed by atoms with Gasteiger partial charge in [0.25, 0.3) is 25.2 Å². The zero-order valence-electron chi connectivity index (χ0n) is 18.7.